The summed E-state index contributed by atoms with van der Waals surface area (Å²) in [6.07, 6.45) is 0.946. The summed E-state index contributed by atoms with van der Waals surface area (Å²) >= 11 is 0. The van der Waals surface area contributed by atoms with Crippen molar-refractivity contribution in [1.29, 1.82) is 0 Å². The van der Waals surface area contributed by atoms with Crippen molar-refractivity contribution in [3.63, 3.8) is 0 Å². The lowest BCUT2D eigenvalue weighted by Crippen LogP contribution is -2.37. The van der Waals surface area contributed by atoms with Crippen LogP contribution in [0.25, 0.3) is 0 Å². The van der Waals surface area contributed by atoms with Gasteiger partial charge in [-0.15, -0.1) is 0 Å². The van der Waals surface area contributed by atoms with Crippen LogP contribution in [0.15, 0.2) is 48.5 Å². The predicted molar refractivity (Wildman–Crippen MR) is 89.0 cm³/mol. The van der Waals surface area contributed by atoms with Crippen LogP contribution in [0.1, 0.15) is 21.5 Å². The largest absolute Gasteiger partial charge is 0.366 e. The smallest absolute Gasteiger partial charge is 0.250 e. The first-order chi connectivity index (χ1) is 11.1. The van der Waals surface area contributed by atoms with Gasteiger partial charge in [0.15, 0.2) is 0 Å². The molecule has 2 amide bonds. The summed E-state index contributed by atoms with van der Waals surface area (Å²) < 4.78 is 0. The molecular weight excluding hydrogens is 290 g/mol. The summed E-state index contributed by atoms with van der Waals surface area (Å²) in [6, 6.07) is 15.1. The number of benzene rings is 2. The number of nitrogens with zero attached hydrogens (tertiary/aromatic N) is 1. The summed E-state index contributed by atoms with van der Waals surface area (Å²) in [5.74, 6) is -0.689. The number of nitrogens with two attached hydrogens (primary N) is 1. The summed E-state index contributed by atoms with van der Waals surface area (Å²) in [5, 5.41) is 2.78. The molecule has 1 aliphatic rings. The van der Waals surface area contributed by atoms with Crippen molar-refractivity contribution < 1.29 is 9.59 Å². The van der Waals surface area contributed by atoms with Crippen molar-refractivity contribution in [3.05, 3.63) is 65.2 Å². The van der Waals surface area contributed by atoms with Gasteiger partial charge in [0.25, 0.3) is 5.91 Å². The number of nitrogens with one attached hydrogen (secondary N) is 1. The standard InChI is InChI=1S/C18H19N3O2/c19-18(23)15-7-3-4-8-16(15)20-17(22)12-21-10-9-13-5-1-2-6-14(13)11-21/h1-8H,9-12H2,(H2,19,23)(H,20,22). The average Bonchev–Trinajstić information content (AvgIpc) is 2.55. The number of hydrogen-bond donors (Lipinski definition) is 2. The lowest BCUT2D eigenvalue weighted by molar-refractivity contribution is -0.117. The third-order valence-electron chi connectivity index (χ3n) is 4.04. The number of primary amides is 1. The first-order valence-electron chi connectivity index (χ1n) is 7.61. The topological polar surface area (TPSA) is 75.4 Å². The quantitative estimate of drug-likeness (QED) is 0.904. The van der Waals surface area contributed by atoms with E-state index in [0.29, 0.717) is 17.8 Å². The molecule has 3 rings (SSSR count). The molecule has 3 N–H and O–H groups in total. The van der Waals surface area contributed by atoms with Gasteiger partial charge >= 0.3 is 0 Å². The molecule has 1 aliphatic heterocycles. The second-order valence-electron chi connectivity index (χ2n) is 5.69. The maximum atomic E-state index is 12.3. The van der Waals surface area contributed by atoms with Crippen molar-refractivity contribution in [2.24, 2.45) is 5.73 Å². The van der Waals surface area contributed by atoms with Crippen LogP contribution in [-0.4, -0.2) is 29.8 Å². The van der Waals surface area contributed by atoms with Crippen LogP contribution in [0.5, 0.6) is 0 Å². The monoisotopic (exact) mass is 309 g/mol. The summed E-state index contributed by atoms with van der Waals surface area (Å²) in [6.45, 7) is 1.91. The molecule has 0 fully saturated rings. The van der Waals surface area contributed by atoms with E-state index in [2.05, 4.69) is 22.3 Å². The molecule has 2 aromatic carbocycles. The zero-order valence-electron chi connectivity index (χ0n) is 12.8. The minimum Gasteiger partial charge on any atom is -0.366 e. The van der Waals surface area contributed by atoms with Gasteiger partial charge in [0.2, 0.25) is 5.91 Å². The van der Waals surface area contributed by atoms with E-state index < -0.39 is 5.91 Å². The molecule has 118 valence electrons. The van der Waals surface area contributed by atoms with Crippen LogP contribution in [0.4, 0.5) is 5.69 Å². The molecule has 0 spiro atoms. The Morgan fingerprint density at radius 3 is 2.52 bits per heavy atom. The molecule has 0 unspecified atom stereocenters. The van der Waals surface area contributed by atoms with E-state index in [0.717, 1.165) is 19.5 Å². The fourth-order valence-corrected chi connectivity index (χ4v) is 2.89. The zero-order chi connectivity index (χ0) is 16.2. The summed E-state index contributed by atoms with van der Waals surface area (Å²) in [4.78, 5) is 25.8. The number of fused-ring (bicyclic) bond motifs is 1. The highest BCUT2D eigenvalue weighted by Gasteiger charge is 2.18. The van der Waals surface area contributed by atoms with E-state index in [1.165, 1.54) is 11.1 Å². The van der Waals surface area contributed by atoms with Crippen molar-refractivity contribution >= 4 is 17.5 Å². The van der Waals surface area contributed by atoms with Crippen molar-refractivity contribution in [2.75, 3.05) is 18.4 Å². The number of anilines is 1. The molecule has 0 bridgehead atoms. The number of hydrogen-bond acceptors (Lipinski definition) is 3. The number of para-hydroxylation sites is 1. The van der Waals surface area contributed by atoms with E-state index in [4.69, 9.17) is 5.73 Å². The van der Waals surface area contributed by atoms with Gasteiger partial charge in [0.05, 0.1) is 17.8 Å². The Kier molecular flexibility index (Phi) is 4.39. The Balaban J connectivity index is 1.64. The highest BCUT2D eigenvalue weighted by Crippen LogP contribution is 2.19. The van der Waals surface area contributed by atoms with Crippen molar-refractivity contribution in [2.45, 2.75) is 13.0 Å². The molecule has 0 aromatic heterocycles. The Labute approximate surface area is 135 Å². The second kappa shape index (κ2) is 6.62. The lowest BCUT2D eigenvalue weighted by atomic mass is 10.00. The third-order valence-corrected chi connectivity index (χ3v) is 4.04. The normalized spacial score (nSPS) is 14.1. The van der Waals surface area contributed by atoms with Crippen LogP contribution in [0.2, 0.25) is 0 Å². The van der Waals surface area contributed by atoms with Gasteiger partial charge < -0.3 is 11.1 Å². The van der Waals surface area contributed by atoms with E-state index in [9.17, 15) is 9.59 Å². The zero-order valence-corrected chi connectivity index (χ0v) is 12.8. The molecule has 23 heavy (non-hydrogen) atoms. The van der Waals surface area contributed by atoms with Gasteiger partial charge in [-0.3, -0.25) is 14.5 Å². The predicted octanol–water partition coefficient (Wildman–Crippen LogP) is 1.78. The fourth-order valence-electron chi connectivity index (χ4n) is 2.89. The first kappa shape index (κ1) is 15.2. The number of amides is 2. The van der Waals surface area contributed by atoms with Crippen LogP contribution in [-0.2, 0) is 17.8 Å². The Morgan fingerprint density at radius 2 is 1.74 bits per heavy atom. The second-order valence-corrected chi connectivity index (χ2v) is 5.69. The lowest BCUT2D eigenvalue weighted by Gasteiger charge is -2.28. The van der Waals surface area contributed by atoms with Crippen LogP contribution < -0.4 is 11.1 Å². The number of rotatable bonds is 4. The number of carbonyl (C=O) groups excluding carboxylic acids is 2. The SMILES string of the molecule is NC(=O)c1ccccc1NC(=O)CN1CCc2ccccc2C1. The number of carbonyl (C=O) groups is 2. The van der Waals surface area contributed by atoms with Crippen LogP contribution >= 0.6 is 0 Å². The minimum atomic E-state index is -0.548. The van der Waals surface area contributed by atoms with E-state index >= 15 is 0 Å². The maximum Gasteiger partial charge on any atom is 0.250 e. The molecule has 1 heterocycles. The maximum absolute atomic E-state index is 12.3. The average molecular weight is 309 g/mol. The van der Waals surface area contributed by atoms with Gasteiger partial charge in [-0.05, 0) is 29.7 Å². The van der Waals surface area contributed by atoms with Gasteiger partial charge in [-0.2, -0.15) is 0 Å². The summed E-state index contributed by atoms with van der Waals surface area (Å²) in [5.41, 5.74) is 8.73. The highest BCUT2D eigenvalue weighted by molar-refractivity contribution is 6.03. The van der Waals surface area contributed by atoms with E-state index in [1.807, 2.05) is 12.1 Å². The van der Waals surface area contributed by atoms with Gasteiger partial charge in [0, 0.05) is 13.1 Å². The van der Waals surface area contributed by atoms with Crippen molar-refractivity contribution in [3.8, 4) is 0 Å². The molecule has 5 nitrogen and oxygen atoms in total. The summed E-state index contributed by atoms with van der Waals surface area (Å²) in [7, 11) is 0. The molecule has 2 aromatic rings. The molecule has 0 radical (unpaired) electrons. The highest BCUT2D eigenvalue weighted by atomic mass is 16.2. The molecular formula is C18H19N3O2. The van der Waals surface area contributed by atoms with Gasteiger partial charge in [0.1, 0.15) is 0 Å². The molecule has 0 saturated carbocycles. The first-order valence-corrected chi connectivity index (χ1v) is 7.61. The van der Waals surface area contributed by atoms with Gasteiger partial charge in [-0.1, -0.05) is 36.4 Å². The van der Waals surface area contributed by atoms with Gasteiger partial charge in [-0.25, -0.2) is 0 Å². The van der Waals surface area contributed by atoms with E-state index in [1.54, 1.807) is 24.3 Å². The van der Waals surface area contributed by atoms with Crippen LogP contribution in [0, 0.1) is 0 Å². The minimum absolute atomic E-state index is 0.141. The van der Waals surface area contributed by atoms with Crippen LogP contribution in [0.3, 0.4) is 0 Å². The third kappa shape index (κ3) is 3.57. The fraction of sp³-hybridized carbons (Fsp3) is 0.222. The molecule has 5 heteroatoms. The Bertz CT molecular complexity index is 743. The molecule has 0 atom stereocenters. The van der Waals surface area contributed by atoms with Crippen molar-refractivity contribution in [1.82, 2.24) is 4.90 Å². The van der Waals surface area contributed by atoms with E-state index in [-0.39, 0.29) is 5.91 Å². The molecule has 0 saturated heterocycles. The molecule has 0 aliphatic carbocycles. The Hall–Kier alpha value is -2.66. The Morgan fingerprint density at radius 1 is 1.04 bits per heavy atom.